The molecule has 0 radical (unpaired) electrons. The number of H-pyrrole nitrogens is 1. The number of fused-ring (bicyclic) bond motifs is 1. The summed E-state index contributed by atoms with van der Waals surface area (Å²) >= 11 is 6.14. The van der Waals surface area contributed by atoms with Gasteiger partial charge in [0.15, 0.2) is 0 Å². The summed E-state index contributed by atoms with van der Waals surface area (Å²) in [6.45, 7) is 5.00. The van der Waals surface area contributed by atoms with Crippen LogP contribution in [0, 0.1) is 6.92 Å². The molecule has 2 N–H and O–H groups in total. The lowest BCUT2D eigenvalue weighted by molar-refractivity contribution is -0.130. The monoisotopic (exact) mass is 521 g/mol. The maximum atomic E-state index is 13.3. The van der Waals surface area contributed by atoms with Crippen molar-refractivity contribution < 1.29 is 14.4 Å². The van der Waals surface area contributed by atoms with E-state index in [0.717, 1.165) is 68.5 Å². The van der Waals surface area contributed by atoms with E-state index in [-0.39, 0.29) is 17.7 Å². The highest BCUT2D eigenvalue weighted by molar-refractivity contribution is 6.31. The van der Waals surface area contributed by atoms with Crippen LogP contribution < -0.4 is 5.32 Å². The number of carbonyl (C=O) groups excluding carboxylic acids is 3. The number of hydrogen-bond donors (Lipinski definition) is 2. The number of nitrogens with one attached hydrogen (secondary N) is 2. The average Bonchev–Trinajstić information content (AvgIpc) is 3.67. The van der Waals surface area contributed by atoms with Gasteiger partial charge in [0.25, 0.3) is 11.8 Å². The lowest BCUT2D eigenvalue weighted by Crippen LogP contribution is -2.32. The van der Waals surface area contributed by atoms with Crippen molar-refractivity contribution in [2.45, 2.75) is 51.5 Å². The van der Waals surface area contributed by atoms with Crippen LogP contribution in [0.1, 0.15) is 76.7 Å². The van der Waals surface area contributed by atoms with E-state index in [1.807, 2.05) is 22.8 Å². The number of imidazole rings is 1. The van der Waals surface area contributed by atoms with Crippen LogP contribution in [0.5, 0.6) is 0 Å². The van der Waals surface area contributed by atoms with Crippen LogP contribution in [0.4, 0.5) is 0 Å². The van der Waals surface area contributed by atoms with E-state index >= 15 is 0 Å². The van der Waals surface area contributed by atoms with Gasteiger partial charge >= 0.3 is 0 Å². The van der Waals surface area contributed by atoms with Gasteiger partial charge in [-0.05, 0) is 81.0 Å². The molecule has 37 heavy (non-hydrogen) atoms. The Hall–Kier alpha value is -3.39. The molecule has 2 aliphatic heterocycles. The number of likely N-dealkylation sites (tertiary alicyclic amines) is 2. The van der Waals surface area contributed by atoms with E-state index in [9.17, 15) is 14.4 Å². The minimum absolute atomic E-state index is 0.0150. The number of amides is 3. The van der Waals surface area contributed by atoms with E-state index < -0.39 is 6.04 Å². The molecule has 194 valence electrons. The number of halogens is 1. The Labute approximate surface area is 221 Å². The van der Waals surface area contributed by atoms with Crippen LogP contribution in [0.15, 0.2) is 36.4 Å². The molecule has 5 rings (SSSR count). The van der Waals surface area contributed by atoms with Gasteiger partial charge in [0.2, 0.25) is 5.91 Å². The van der Waals surface area contributed by atoms with Crippen LogP contribution in [-0.4, -0.2) is 63.7 Å². The number of rotatable bonds is 7. The molecule has 2 saturated heterocycles. The molecule has 2 aliphatic rings. The van der Waals surface area contributed by atoms with Gasteiger partial charge in [0.05, 0.1) is 17.1 Å². The largest absolute Gasteiger partial charge is 0.343 e. The Morgan fingerprint density at radius 2 is 1.70 bits per heavy atom. The summed E-state index contributed by atoms with van der Waals surface area (Å²) in [6, 6.07) is 10.1. The number of nitrogens with zero attached hydrogens (tertiary/aromatic N) is 3. The number of aromatic nitrogens is 2. The van der Waals surface area contributed by atoms with Crippen LogP contribution >= 0.6 is 11.6 Å². The number of carbonyl (C=O) groups is 3. The predicted octanol–water partition coefficient (Wildman–Crippen LogP) is 4.63. The third kappa shape index (κ3) is 5.64. The maximum absolute atomic E-state index is 13.3. The van der Waals surface area contributed by atoms with Crippen LogP contribution in [0.2, 0.25) is 5.02 Å². The fraction of sp³-hybridized carbons (Fsp3) is 0.429. The summed E-state index contributed by atoms with van der Waals surface area (Å²) in [5.41, 5.74) is 3.37. The lowest BCUT2D eigenvalue weighted by Gasteiger charge is -2.20. The smallest absolute Gasteiger partial charge is 0.254 e. The molecule has 9 heteroatoms. The molecule has 3 heterocycles. The molecule has 3 aromatic rings. The molecular weight excluding hydrogens is 490 g/mol. The fourth-order valence-electron chi connectivity index (χ4n) is 5.21. The van der Waals surface area contributed by atoms with Crippen LogP contribution in [0.3, 0.4) is 0 Å². The molecule has 0 bridgehead atoms. The molecule has 0 saturated carbocycles. The molecule has 2 fully saturated rings. The summed E-state index contributed by atoms with van der Waals surface area (Å²) < 4.78 is 0. The third-order valence-electron chi connectivity index (χ3n) is 7.32. The van der Waals surface area contributed by atoms with E-state index in [1.54, 1.807) is 30.3 Å². The summed E-state index contributed by atoms with van der Waals surface area (Å²) in [5, 5.41) is 3.66. The number of aromatic amines is 1. The van der Waals surface area contributed by atoms with Crippen molar-refractivity contribution in [3.05, 3.63) is 63.9 Å². The minimum Gasteiger partial charge on any atom is -0.343 e. The Balaban J connectivity index is 1.35. The first-order valence-electron chi connectivity index (χ1n) is 13.0. The van der Waals surface area contributed by atoms with E-state index in [1.165, 1.54) is 0 Å². The standard InChI is InChI=1S/C28H32ClN5O3/c1-18-16-19(6-8-21(18)28(37)34-14-4-5-15-34)27(36)32-23(10-11-25(35)33-12-2-3-13-33)26-30-22-9-7-20(29)17-24(22)31-26/h6-9,16-17,23H,2-5,10-15H2,1H3,(H,30,31)(H,32,36). The van der Waals surface area contributed by atoms with Crippen LogP contribution in [-0.2, 0) is 4.79 Å². The van der Waals surface area contributed by atoms with Gasteiger partial charge < -0.3 is 20.1 Å². The lowest BCUT2D eigenvalue weighted by atomic mass is 10.0. The van der Waals surface area contributed by atoms with Crippen molar-refractivity contribution in [2.24, 2.45) is 0 Å². The van der Waals surface area contributed by atoms with E-state index in [2.05, 4.69) is 15.3 Å². The highest BCUT2D eigenvalue weighted by Crippen LogP contribution is 2.24. The van der Waals surface area contributed by atoms with Crippen molar-refractivity contribution >= 4 is 40.4 Å². The summed E-state index contributed by atoms with van der Waals surface area (Å²) in [4.78, 5) is 50.6. The molecule has 8 nitrogen and oxygen atoms in total. The Kier molecular flexibility index (Phi) is 7.46. The normalized spacial score (nSPS) is 16.4. The molecule has 0 spiro atoms. The van der Waals surface area contributed by atoms with Crippen molar-refractivity contribution in [1.29, 1.82) is 0 Å². The number of aryl methyl sites for hydroxylation is 1. The molecular formula is C28H32ClN5O3. The highest BCUT2D eigenvalue weighted by atomic mass is 35.5. The SMILES string of the molecule is Cc1cc(C(=O)NC(CCC(=O)N2CCCC2)c2nc3ccc(Cl)cc3[nH]2)ccc1C(=O)N1CCCC1. The quantitative estimate of drug-likeness (QED) is 0.473. The molecule has 0 aliphatic carbocycles. The average molecular weight is 522 g/mol. The molecule has 1 aromatic heterocycles. The van der Waals surface area contributed by atoms with Crippen molar-refractivity contribution in [3.63, 3.8) is 0 Å². The topological polar surface area (TPSA) is 98.4 Å². The van der Waals surface area contributed by atoms with E-state index in [4.69, 9.17) is 11.6 Å². The van der Waals surface area contributed by atoms with Gasteiger partial charge in [-0.1, -0.05) is 11.6 Å². The van der Waals surface area contributed by atoms with Crippen LogP contribution in [0.25, 0.3) is 11.0 Å². The van der Waals surface area contributed by atoms with Crippen molar-refractivity contribution in [2.75, 3.05) is 26.2 Å². The Morgan fingerprint density at radius 1 is 1.00 bits per heavy atom. The Bertz CT molecular complexity index is 1320. The highest BCUT2D eigenvalue weighted by Gasteiger charge is 2.25. The van der Waals surface area contributed by atoms with Gasteiger partial charge in [-0.25, -0.2) is 4.98 Å². The summed E-state index contributed by atoms with van der Waals surface area (Å²) in [5.74, 6) is 0.412. The second-order valence-electron chi connectivity index (χ2n) is 9.97. The van der Waals surface area contributed by atoms with Gasteiger partial charge in [-0.15, -0.1) is 0 Å². The summed E-state index contributed by atoms with van der Waals surface area (Å²) in [6.07, 6.45) is 4.85. The fourth-order valence-corrected chi connectivity index (χ4v) is 5.39. The van der Waals surface area contributed by atoms with E-state index in [0.29, 0.717) is 34.8 Å². The number of hydrogen-bond acceptors (Lipinski definition) is 4. The first-order valence-corrected chi connectivity index (χ1v) is 13.4. The zero-order chi connectivity index (χ0) is 25.9. The molecule has 2 aromatic carbocycles. The zero-order valence-electron chi connectivity index (χ0n) is 21.1. The first-order chi connectivity index (χ1) is 17.9. The molecule has 3 amide bonds. The predicted molar refractivity (Wildman–Crippen MR) is 143 cm³/mol. The first kappa shape index (κ1) is 25.3. The second-order valence-corrected chi connectivity index (χ2v) is 10.4. The Morgan fingerprint density at radius 3 is 2.41 bits per heavy atom. The van der Waals surface area contributed by atoms with Crippen molar-refractivity contribution in [1.82, 2.24) is 25.1 Å². The minimum atomic E-state index is -0.489. The summed E-state index contributed by atoms with van der Waals surface area (Å²) in [7, 11) is 0. The third-order valence-corrected chi connectivity index (χ3v) is 7.55. The zero-order valence-corrected chi connectivity index (χ0v) is 21.8. The van der Waals surface area contributed by atoms with Crippen molar-refractivity contribution in [3.8, 4) is 0 Å². The molecule has 1 unspecified atom stereocenters. The van der Waals surface area contributed by atoms with Gasteiger partial charge in [-0.3, -0.25) is 14.4 Å². The van der Waals surface area contributed by atoms with Gasteiger partial charge in [-0.2, -0.15) is 0 Å². The molecule has 1 atom stereocenters. The second kappa shape index (κ2) is 10.9. The maximum Gasteiger partial charge on any atom is 0.254 e. The number of benzene rings is 2. The van der Waals surface area contributed by atoms with Gasteiger partial charge in [0, 0.05) is 48.7 Å². The van der Waals surface area contributed by atoms with Gasteiger partial charge in [0.1, 0.15) is 5.82 Å².